The van der Waals surface area contributed by atoms with E-state index in [1.54, 1.807) is 6.92 Å². The maximum absolute atomic E-state index is 14.6. The van der Waals surface area contributed by atoms with Crippen molar-refractivity contribution in [3.8, 4) is 5.69 Å². The molecule has 0 aliphatic carbocycles. The fraction of sp³-hybridized carbons (Fsp3) is 0.182. The number of aryl methyl sites for hydroxylation is 1. The molecule has 37 heavy (non-hydrogen) atoms. The second kappa shape index (κ2) is 9.97. The van der Waals surface area contributed by atoms with Gasteiger partial charge in [0.2, 0.25) is 0 Å². The normalized spacial score (nSPS) is 11.4. The van der Waals surface area contributed by atoms with Crippen molar-refractivity contribution in [1.82, 2.24) is 35.3 Å². The van der Waals surface area contributed by atoms with Crippen LogP contribution in [0.15, 0.2) is 42.5 Å². The molecule has 0 aliphatic heterocycles. The molecule has 10 nitrogen and oxygen atoms in total. The number of aromatic nitrogens is 6. The molecular formula is C22H17ClF4N8O2. The lowest BCUT2D eigenvalue weighted by atomic mass is 10.1. The number of amides is 2. The zero-order chi connectivity index (χ0) is 26.9. The summed E-state index contributed by atoms with van der Waals surface area (Å²) in [7, 11) is 1.41. The first-order valence-corrected chi connectivity index (χ1v) is 10.9. The van der Waals surface area contributed by atoms with Crippen LogP contribution in [0.4, 0.5) is 23.2 Å². The number of carbonyl (C=O) groups is 2. The number of nitrogens with one attached hydrogen (secondary N) is 2. The van der Waals surface area contributed by atoms with Gasteiger partial charge in [0.05, 0.1) is 16.9 Å². The smallest absolute Gasteiger partial charge is 0.355 e. The number of hydrogen-bond donors (Lipinski definition) is 2. The molecule has 0 atom stereocenters. The Morgan fingerprint density at radius 3 is 2.46 bits per heavy atom. The highest BCUT2D eigenvalue weighted by Crippen LogP contribution is 2.27. The van der Waals surface area contributed by atoms with Gasteiger partial charge in [-0.3, -0.25) is 9.59 Å². The Kier molecular flexibility index (Phi) is 6.94. The lowest BCUT2D eigenvalue weighted by molar-refractivity contribution is -0.145. The van der Waals surface area contributed by atoms with E-state index < -0.39 is 36.2 Å². The van der Waals surface area contributed by atoms with Crippen LogP contribution in [-0.4, -0.2) is 48.8 Å². The summed E-state index contributed by atoms with van der Waals surface area (Å²) in [6.45, 7) is 1.23. The van der Waals surface area contributed by atoms with Crippen molar-refractivity contribution >= 4 is 29.1 Å². The van der Waals surface area contributed by atoms with Crippen molar-refractivity contribution in [1.29, 1.82) is 0 Å². The Labute approximate surface area is 211 Å². The summed E-state index contributed by atoms with van der Waals surface area (Å²) in [6, 6.07) is 9.62. The number of carbonyl (C=O) groups excluding carboxylic acids is 2. The van der Waals surface area contributed by atoms with E-state index in [1.165, 1.54) is 43.4 Å². The fourth-order valence-electron chi connectivity index (χ4n) is 3.45. The van der Waals surface area contributed by atoms with Crippen molar-refractivity contribution in [2.75, 3.05) is 12.4 Å². The van der Waals surface area contributed by atoms with Gasteiger partial charge in [-0.15, -0.1) is 10.2 Å². The van der Waals surface area contributed by atoms with Gasteiger partial charge in [0.1, 0.15) is 23.7 Å². The van der Waals surface area contributed by atoms with Crippen LogP contribution in [0.25, 0.3) is 5.69 Å². The Bertz CT molecular complexity index is 1500. The number of anilines is 1. The van der Waals surface area contributed by atoms with Crippen LogP contribution in [0.5, 0.6) is 0 Å². The lowest BCUT2D eigenvalue weighted by Gasteiger charge is -2.14. The van der Waals surface area contributed by atoms with E-state index in [2.05, 4.69) is 31.1 Å². The van der Waals surface area contributed by atoms with E-state index in [1.807, 2.05) is 0 Å². The van der Waals surface area contributed by atoms with Crippen molar-refractivity contribution in [2.45, 2.75) is 19.6 Å². The van der Waals surface area contributed by atoms with E-state index in [0.29, 0.717) is 10.4 Å². The van der Waals surface area contributed by atoms with Gasteiger partial charge < -0.3 is 10.6 Å². The predicted molar refractivity (Wildman–Crippen MR) is 123 cm³/mol. The molecule has 0 unspecified atom stereocenters. The molecule has 2 heterocycles. The monoisotopic (exact) mass is 536 g/mol. The molecule has 0 saturated carbocycles. The third kappa shape index (κ3) is 5.43. The summed E-state index contributed by atoms with van der Waals surface area (Å²) in [6.07, 6.45) is -4.80. The molecule has 4 rings (SSSR count). The number of hydrogen-bond acceptors (Lipinski definition) is 6. The maximum atomic E-state index is 14.6. The second-order valence-corrected chi connectivity index (χ2v) is 8.14. The summed E-state index contributed by atoms with van der Waals surface area (Å²) in [5.74, 6) is -3.45. The Morgan fingerprint density at radius 1 is 1.08 bits per heavy atom. The minimum absolute atomic E-state index is 0.0406. The van der Waals surface area contributed by atoms with E-state index >= 15 is 0 Å². The van der Waals surface area contributed by atoms with Crippen LogP contribution in [0.1, 0.15) is 37.9 Å². The summed E-state index contributed by atoms with van der Waals surface area (Å²) >= 11 is 6.07. The third-order valence-corrected chi connectivity index (χ3v) is 5.31. The maximum Gasteiger partial charge on any atom is 0.455 e. The third-order valence-electron chi connectivity index (χ3n) is 5.09. The molecule has 0 aliphatic rings. The first kappa shape index (κ1) is 25.8. The highest BCUT2D eigenvalue weighted by Gasteiger charge is 2.37. The van der Waals surface area contributed by atoms with Crippen LogP contribution < -0.4 is 10.6 Å². The largest absolute Gasteiger partial charge is 0.455 e. The molecule has 0 spiro atoms. The highest BCUT2D eigenvalue weighted by atomic mass is 35.5. The SMILES string of the molecule is CNC(=O)c1cc(Cl)cc(C)c1NC(=O)c1cc(Cn2nnc(C(F)(F)F)n2)nn1-c1ccccc1F. The van der Waals surface area contributed by atoms with E-state index in [0.717, 1.165) is 10.7 Å². The molecule has 4 aromatic rings. The zero-order valence-corrected chi connectivity index (χ0v) is 19.9. The summed E-state index contributed by atoms with van der Waals surface area (Å²) < 4.78 is 54.1. The van der Waals surface area contributed by atoms with E-state index in [-0.39, 0.29) is 33.3 Å². The first-order chi connectivity index (χ1) is 17.5. The Hall–Kier alpha value is -4.33. The van der Waals surface area contributed by atoms with E-state index in [9.17, 15) is 27.2 Å². The molecule has 2 amide bonds. The number of rotatable bonds is 6. The van der Waals surface area contributed by atoms with Gasteiger partial charge in [-0.25, -0.2) is 9.07 Å². The fourth-order valence-corrected chi connectivity index (χ4v) is 3.72. The molecule has 0 fully saturated rings. The molecule has 0 radical (unpaired) electrons. The van der Waals surface area contributed by atoms with Crippen LogP contribution >= 0.6 is 11.6 Å². The number of para-hydroxylation sites is 1. The van der Waals surface area contributed by atoms with Gasteiger partial charge in [-0.05, 0) is 48.0 Å². The van der Waals surface area contributed by atoms with Crippen LogP contribution in [-0.2, 0) is 12.7 Å². The Morgan fingerprint density at radius 2 is 1.81 bits per heavy atom. The Balaban J connectivity index is 1.75. The quantitative estimate of drug-likeness (QED) is 0.363. The van der Waals surface area contributed by atoms with E-state index in [4.69, 9.17) is 11.6 Å². The average molecular weight is 537 g/mol. The van der Waals surface area contributed by atoms with Crippen molar-refractivity contribution in [3.63, 3.8) is 0 Å². The molecule has 15 heteroatoms. The van der Waals surface area contributed by atoms with Crippen molar-refractivity contribution in [3.05, 3.63) is 81.6 Å². The number of alkyl halides is 3. The molecule has 192 valence electrons. The van der Waals surface area contributed by atoms with Crippen molar-refractivity contribution < 1.29 is 27.2 Å². The molecule has 0 bridgehead atoms. The number of halogens is 5. The molecule has 2 aromatic carbocycles. The first-order valence-electron chi connectivity index (χ1n) is 10.5. The summed E-state index contributed by atoms with van der Waals surface area (Å²) in [5, 5.41) is 19.1. The molecule has 2 aromatic heterocycles. The van der Waals surface area contributed by atoms with Gasteiger partial charge in [0.15, 0.2) is 0 Å². The molecule has 2 N–H and O–H groups in total. The molecular weight excluding hydrogens is 520 g/mol. The topological polar surface area (TPSA) is 120 Å². The number of benzene rings is 2. The minimum Gasteiger partial charge on any atom is -0.355 e. The van der Waals surface area contributed by atoms with Crippen LogP contribution in [0.2, 0.25) is 5.02 Å². The van der Waals surface area contributed by atoms with Crippen LogP contribution in [0, 0.1) is 12.7 Å². The summed E-state index contributed by atoms with van der Waals surface area (Å²) in [5.41, 5.74) is 0.491. The number of tetrazole rings is 1. The highest BCUT2D eigenvalue weighted by molar-refractivity contribution is 6.31. The minimum atomic E-state index is -4.80. The lowest BCUT2D eigenvalue weighted by Crippen LogP contribution is -2.23. The standard InChI is InChI=1S/C22H17ClF4N8O2/c1-11-7-12(23)8-14(19(36)28-2)18(11)29-20(37)17-9-13(10-34-32-21(30-33-34)22(25,26)27)31-35(17)16-6-4-3-5-15(16)24/h3-9H,10H2,1-2H3,(H,28,36)(H,29,37). The predicted octanol–water partition coefficient (Wildman–Crippen LogP) is 3.64. The van der Waals surface area contributed by atoms with Crippen LogP contribution in [0.3, 0.4) is 0 Å². The average Bonchev–Trinajstić information content (AvgIpc) is 3.48. The van der Waals surface area contributed by atoms with Gasteiger partial charge in [-0.1, -0.05) is 23.7 Å². The van der Waals surface area contributed by atoms with Gasteiger partial charge in [-0.2, -0.15) is 23.1 Å². The zero-order valence-electron chi connectivity index (χ0n) is 19.1. The van der Waals surface area contributed by atoms with Crippen molar-refractivity contribution in [2.24, 2.45) is 0 Å². The second-order valence-electron chi connectivity index (χ2n) is 7.70. The van der Waals surface area contributed by atoms with Gasteiger partial charge in [0, 0.05) is 12.1 Å². The molecule has 0 saturated heterocycles. The van der Waals surface area contributed by atoms with Gasteiger partial charge >= 0.3 is 6.18 Å². The summed E-state index contributed by atoms with van der Waals surface area (Å²) in [4.78, 5) is 26.4. The van der Waals surface area contributed by atoms with Gasteiger partial charge in [0.25, 0.3) is 17.6 Å². The number of nitrogens with zero attached hydrogens (tertiary/aromatic N) is 6.